The van der Waals surface area contributed by atoms with Crippen molar-refractivity contribution in [3.63, 3.8) is 0 Å². The minimum atomic E-state index is -4.34. The summed E-state index contributed by atoms with van der Waals surface area (Å²) < 4.78 is 72.0. The number of H-pyrrole nitrogens is 2. The number of aliphatic carboxylic acids is 2. The lowest BCUT2D eigenvalue weighted by Crippen LogP contribution is -2.49. The molecule has 0 fully saturated rings. The number of rotatable bonds is 53. The fourth-order valence-corrected chi connectivity index (χ4v) is 16.9. The highest BCUT2D eigenvalue weighted by Gasteiger charge is 2.32. The van der Waals surface area contributed by atoms with E-state index < -0.39 is 85.9 Å². The van der Waals surface area contributed by atoms with Gasteiger partial charge in [-0.3, -0.25) is 57.5 Å². The second-order valence-corrected chi connectivity index (χ2v) is 33.4. The molecule has 8 amide bonds. The predicted octanol–water partition coefficient (Wildman–Crippen LogP) is 3.63. The fourth-order valence-electron chi connectivity index (χ4n) is 13.6. The van der Waals surface area contributed by atoms with Gasteiger partial charge in [0.05, 0.1) is 26.9 Å². The summed E-state index contributed by atoms with van der Waals surface area (Å²) >= 11 is 0. The summed E-state index contributed by atoms with van der Waals surface area (Å²) in [6.07, 6.45) is 13.1. The second kappa shape index (κ2) is 50.6. The monoisotopic (exact) mass is 1790 g/mol. The van der Waals surface area contributed by atoms with Gasteiger partial charge in [-0.1, -0.05) is 54.4 Å². The Balaban J connectivity index is 0.000000352. The van der Waals surface area contributed by atoms with Gasteiger partial charge in [-0.25, -0.2) is 26.8 Å². The first-order valence-electron chi connectivity index (χ1n) is 41.6. The molecular weight excluding hydrogens is 1670 g/mol. The van der Waals surface area contributed by atoms with Gasteiger partial charge in [0.15, 0.2) is 11.9 Å². The largest absolute Gasteiger partial charge is 0.480 e. The Morgan fingerprint density at radius 1 is 0.476 bits per heavy atom. The Kier molecular flexibility index (Phi) is 40.5. The summed E-state index contributed by atoms with van der Waals surface area (Å²) in [6, 6.07) is 12.6. The quantitative estimate of drug-likeness (QED) is 0.0242. The molecule has 39 nitrogen and oxygen atoms in total. The summed E-state index contributed by atoms with van der Waals surface area (Å²) in [5.41, 5.74) is 9.92. The number of carbonyl (C=O) groups is 10. The number of carbonyl (C=O) groups excluding carboxylic acids is 8. The smallest absolute Gasteiger partial charge is 0.323 e. The lowest BCUT2D eigenvalue weighted by Gasteiger charge is -2.19. The topological polar surface area (TPSA) is 570 Å². The van der Waals surface area contributed by atoms with E-state index in [1.54, 1.807) is 129 Å². The zero-order valence-electron chi connectivity index (χ0n) is 72.2. The Hall–Kier alpha value is -12.3. The molecule has 4 heterocycles. The van der Waals surface area contributed by atoms with Crippen molar-refractivity contribution >= 4 is 113 Å². The number of aryl methyl sites for hydroxylation is 8. The number of fused-ring (bicyclic) bond motifs is 2. The molecule has 684 valence electrons. The van der Waals surface area contributed by atoms with E-state index in [4.69, 9.17) is 15.2 Å². The van der Waals surface area contributed by atoms with Crippen LogP contribution in [0.1, 0.15) is 156 Å². The van der Waals surface area contributed by atoms with Gasteiger partial charge in [0.25, 0.3) is 11.8 Å². The van der Waals surface area contributed by atoms with Crippen molar-refractivity contribution in [2.24, 2.45) is 5.73 Å². The number of anilines is 2. The number of sulfonamides is 2. The predicted molar refractivity (Wildman–Crippen MR) is 472 cm³/mol. The molecule has 0 saturated heterocycles. The van der Waals surface area contributed by atoms with E-state index in [0.29, 0.717) is 143 Å². The summed E-state index contributed by atoms with van der Waals surface area (Å²) in [6.45, 7) is 17.9. The molecule has 8 aromatic rings. The number of nitrogens with two attached hydrogens (primary N) is 1. The number of carboxylic acids is 2. The van der Waals surface area contributed by atoms with Crippen LogP contribution >= 0.6 is 0 Å². The highest BCUT2D eigenvalue weighted by molar-refractivity contribution is 7.90. The number of nitrogens with one attached hydrogen (secondary N) is 14. The first kappa shape index (κ1) is 101. The zero-order valence-corrected chi connectivity index (χ0v) is 73.8. The number of likely N-dealkylation sites (N-methyl/N-ethyl adjacent to an activating group) is 1. The van der Waals surface area contributed by atoms with Gasteiger partial charge in [-0.15, -0.1) is 0 Å². The first-order chi connectivity index (χ1) is 60.1. The zero-order chi connectivity index (χ0) is 92.0. The Labute approximate surface area is 730 Å². The van der Waals surface area contributed by atoms with E-state index in [-0.39, 0.29) is 132 Å². The van der Waals surface area contributed by atoms with Gasteiger partial charge < -0.3 is 97.7 Å². The van der Waals surface area contributed by atoms with Crippen molar-refractivity contribution in [2.45, 2.75) is 187 Å². The lowest BCUT2D eigenvalue weighted by atomic mass is 10.1. The molecule has 0 aliphatic carbocycles. The van der Waals surface area contributed by atoms with Crippen LogP contribution in [0.25, 0.3) is 21.8 Å². The maximum absolute atomic E-state index is 13.8. The molecular formula is C85H117N19O20S2. The molecule has 18 N–H and O–H groups in total. The Morgan fingerprint density at radius 2 is 0.833 bits per heavy atom. The standard InChI is InChI=1S/C46H65N11O11S.C39H52N8O9S/c1-5-48-44(63)35(47)11-12-38(58)50-16-7-21-68-22-8-17-51-40(60)14-13-39(59)49-15-6-20-57-28-34(41(61)33-10-9-32(25-37(33)57)26-55-46-52-18-19-53-46)43(62)54-27-36(45(64)65)56-69(66,67)42-30(3)23-29(2)24-31(42)4;1-5-17-56-18-7-13-41-34(49)11-10-33(48)40-12-6-16-47-24-30(35(50)29-9-8-28(21-32(29)47)22-45-39-42-14-15-43-39)37(51)44-23-31(38(52)53)46-57(54,55)36-26(3)19-25(2)20-27(36)4/h9-10,18-19,23-25,28,35-36,56H,5-8,11-17,20-22,26-27,47H2,1-4H3,(H,48,63)(H,49,59)(H,50,58)(H,51,60)(H,54,62)(H,64,65)(H2,52,53,55);8-9,14-15,19-21,24,31,46H,5-7,10-13,16-18,22-23H2,1-4H3,(H,40,48)(H,41,49)(H,44,51)(H,52,53)(H2,42,43,45). The normalized spacial score (nSPS) is 12.1. The van der Waals surface area contributed by atoms with E-state index in [2.05, 4.69) is 82.5 Å². The van der Waals surface area contributed by atoms with E-state index >= 15 is 0 Å². The minimum Gasteiger partial charge on any atom is -0.480 e. The molecule has 8 rings (SSSR count). The van der Waals surface area contributed by atoms with Gasteiger partial charge in [0.1, 0.15) is 23.2 Å². The Bertz CT molecular complexity index is 5410. The number of nitrogens with zero attached hydrogens (tertiary/aromatic N) is 4. The van der Waals surface area contributed by atoms with Crippen LogP contribution in [-0.4, -0.2) is 212 Å². The van der Waals surface area contributed by atoms with E-state index in [0.717, 1.165) is 28.7 Å². The summed E-state index contributed by atoms with van der Waals surface area (Å²) in [7, 11) is -8.65. The van der Waals surface area contributed by atoms with Crippen LogP contribution in [-0.2, 0) is 94.1 Å². The number of hydrogen-bond acceptors (Lipinski definition) is 23. The molecule has 0 aliphatic rings. The van der Waals surface area contributed by atoms with Crippen LogP contribution in [0.15, 0.2) is 117 Å². The molecule has 41 heteroatoms. The van der Waals surface area contributed by atoms with Crippen molar-refractivity contribution in [3.8, 4) is 0 Å². The van der Waals surface area contributed by atoms with Crippen LogP contribution in [0.4, 0.5) is 11.9 Å². The summed E-state index contributed by atoms with van der Waals surface area (Å²) in [4.78, 5) is 166. The van der Waals surface area contributed by atoms with Crippen molar-refractivity contribution in [1.82, 2.24) is 81.0 Å². The number of imidazole rings is 2. The van der Waals surface area contributed by atoms with Crippen molar-refractivity contribution in [3.05, 3.63) is 174 Å². The van der Waals surface area contributed by atoms with Crippen LogP contribution in [0.2, 0.25) is 0 Å². The van der Waals surface area contributed by atoms with Crippen LogP contribution in [0, 0.1) is 41.5 Å². The third-order valence-corrected chi connectivity index (χ3v) is 23.2. The SMILES string of the molecule is CCCOCCCNC(=O)CCC(=O)NCCCn1cc(C(=O)NCC(NS(=O)(=O)c2c(C)cc(C)cc2C)C(=O)O)c(=O)c2ccc(CNc3ncc[nH]3)cc21.CCNC(=O)C(N)CCC(=O)NCCCOCCCNC(=O)CCC(=O)NCCCn1cc(C(=O)NCC(NS(=O)(=O)c2c(C)cc(C)cc2C)C(=O)O)c(=O)c2ccc(CNc3ncc[nH]3)cc21. The number of carboxylic acid groups (broad SMARTS) is 2. The maximum Gasteiger partial charge on any atom is 0.323 e. The highest BCUT2D eigenvalue weighted by atomic mass is 32.2. The number of hydrogen-bond donors (Lipinski definition) is 17. The summed E-state index contributed by atoms with van der Waals surface area (Å²) in [5, 5.41) is 47.9. The third-order valence-electron chi connectivity index (χ3n) is 19.6. The molecule has 0 spiro atoms. The molecule has 0 radical (unpaired) electrons. The molecule has 126 heavy (non-hydrogen) atoms. The van der Waals surface area contributed by atoms with Gasteiger partial charge >= 0.3 is 11.9 Å². The number of aromatic nitrogens is 6. The fraction of sp³-hybridized carbons (Fsp3) is 0.459. The van der Waals surface area contributed by atoms with Crippen molar-refractivity contribution in [2.75, 3.05) is 89.4 Å². The van der Waals surface area contributed by atoms with Gasteiger partial charge in [0.2, 0.25) is 66.3 Å². The summed E-state index contributed by atoms with van der Waals surface area (Å²) in [5.74, 6) is -5.45. The number of pyridine rings is 2. The van der Waals surface area contributed by atoms with E-state index in [1.807, 2.05) is 20.8 Å². The van der Waals surface area contributed by atoms with Gasteiger partial charge in [-0.2, -0.15) is 9.44 Å². The maximum atomic E-state index is 13.8. The highest BCUT2D eigenvalue weighted by Crippen LogP contribution is 2.25. The van der Waals surface area contributed by atoms with Crippen LogP contribution < -0.4 is 79.2 Å². The molecule has 3 atom stereocenters. The molecule has 0 saturated carbocycles. The van der Waals surface area contributed by atoms with E-state index in [9.17, 15) is 84.6 Å². The molecule has 4 aromatic heterocycles. The first-order valence-corrected chi connectivity index (χ1v) is 44.6. The average molecular weight is 1790 g/mol. The minimum absolute atomic E-state index is 0.00714. The van der Waals surface area contributed by atoms with Crippen molar-refractivity contribution < 1.29 is 84.5 Å². The van der Waals surface area contributed by atoms with Crippen LogP contribution in [0.5, 0.6) is 0 Å². The molecule has 0 bridgehead atoms. The lowest BCUT2D eigenvalue weighted by molar-refractivity contribution is -0.139. The molecule has 4 aromatic carbocycles. The van der Waals surface area contributed by atoms with Crippen molar-refractivity contribution in [1.29, 1.82) is 0 Å². The number of benzene rings is 4. The van der Waals surface area contributed by atoms with E-state index in [1.165, 1.54) is 12.4 Å². The molecule has 3 unspecified atom stereocenters. The number of amides is 8. The number of aromatic amines is 2. The Morgan fingerprint density at radius 3 is 1.17 bits per heavy atom. The van der Waals surface area contributed by atoms with Crippen LogP contribution in [0.3, 0.4) is 0 Å². The third kappa shape index (κ3) is 32.4. The van der Waals surface area contributed by atoms with Gasteiger partial charge in [0, 0.05) is 185 Å². The number of ether oxygens (including phenoxy) is 2. The average Bonchev–Trinajstić information content (AvgIpc) is 0.784. The van der Waals surface area contributed by atoms with Gasteiger partial charge in [-0.05, 0) is 151 Å². The second-order valence-electron chi connectivity index (χ2n) is 30.1. The molecule has 0 aliphatic heterocycles.